The molecule has 0 spiro atoms. The lowest BCUT2D eigenvalue weighted by Gasteiger charge is -2.22. The zero-order valence-corrected chi connectivity index (χ0v) is 10.5. The number of piperidine rings is 1. The molecule has 1 aliphatic heterocycles. The summed E-state index contributed by atoms with van der Waals surface area (Å²) in [5.41, 5.74) is 2.06. The van der Waals surface area contributed by atoms with Gasteiger partial charge in [0.05, 0.1) is 5.69 Å². The summed E-state index contributed by atoms with van der Waals surface area (Å²) in [6.45, 7) is 1.14. The van der Waals surface area contributed by atoms with E-state index >= 15 is 0 Å². The number of nitrogens with zero attached hydrogens (tertiary/aromatic N) is 2. The van der Waals surface area contributed by atoms with Crippen molar-refractivity contribution >= 4 is 17.2 Å². The Morgan fingerprint density at radius 2 is 2.35 bits per heavy atom. The van der Waals surface area contributed by atoms with Gasteiger partial charge in [-0.1, -0.05) is 24.1 Å². The number of hydrogen-bond acceptors (Lipinski definition) is 2. The van der Waals surface area contributed by atoms with Gasteiger partial charge in [0.15, 0.2) is 0 Å². The molecule has 0 aliphatic carbocycles. The highest BCUT2D eigenvalue weighted by Crippen LogP contribution is 2.16. The van der Waals surface area contributed by atoms with Crippen LogP contribution in [0.5, 0.6) is 0 Å². The molecule has 90 valence electrons. The van der Waals surface area contributed by atoms with Gasteiger partial charge >= 0.3 is 0 Å². The summed E-state index contributed by atoms with van der Waals surface area (Å²) in [5, 5.41) is 4.26. The van der Waals surface area contributed by atoms with Gasteiger partial charge in [-0.25, -0.2) is 4.98 Å². The summed E-state index contributed by atoms with van der Waals surface area (Å²) >= 11 is 6.12. The Morgan fingerprint density at radius 1 is 1.41 bits per heavy atom. The molecular formula is C13H16ClN3. The summed E-state index contributed by atoms with van der Waals surface area (Å²) in [7, 11) is 0. The van der Waals surface area contributed by atoms with Crippen molar-refractivity contribution in [3.63, 3.8) is 0 Å². The maximum Gasteiger partial charge on any atom is 0.138 e. The maximum atomic E-state index is 6.12. The van der Waals surface area contributed by atoms with Crippen molar-refractivity contribution in [1.29, 1.82) is 0 Å². The summed E-state index contributed by atoms with van der Waals surface area (Å²) in [4.78, 5) is 4.61. The van der Waals surface area contributed by atoms with E-state index in [0.717, 1.165) is 29.5 Å². The van der Waals surface area contributed by atoms with Gasteiger partial charge in [0.25, 0.3) is 0 Å². The number of hydrogen-bond donors (Lipinski definition) is 1. The largest absolute Gasteiger partial charge is 0.314 e. The normalized spacial score (nSPS) is 20.9. The van der Waals surface area contributed by atoms with Gasteiger partial charge in [-0.2, -0.15) is 0 Å². The van der Waals surface area contributed by atoms with Crippen LogP contribution in [0.2, 0.25) is 5.15 Å². The molecule has 1 aliphatic rings. The number of rotatable bonds is 2. The number of fused-ring (bicyclic) bond motifs is 1. The highest BCUT2D eigenvalue weighted by molar-refractivity contribution is 6.29. The summed E-state index contributed by atoms with van der Waals surface area (Å²) in [5.74, 6) is 0. The van der Waals surface area contributed by atoms with Crippen LogP contribution in [0.25, 0.3) is 5.65 Å². The van der Waals surface area contributed by atoms with Crippen LogP contribution < -0.4 is 5.32 Å². The van der Waals surface area contributed by atoms with Gasteiger partial charge in [-0.15, -0.1) is 0 Å². The third-order valence-electron chi connectivity index (χ3n) is 3.36. The molecule has 4 heteroatoms. The van der Waals surface area contributed by atoms with Gasteiger partial charge in [0.2, 0.25) is 0 Å². The van der Waals surface area contributed by atoms with E-state index in [0.29, 0.717) is 6.04 Å². The SMILES string of the molecule is Clc1cccc2nc(CC3CCCCN3)cn12. The van der Waals surface area contributed by atoms with Crippen molar-refractivity contribution in [2.45, 2.75) is 31.7 Å². The molecule has 1 atom stereocenters. The van der Waals surface area contributed by atoms with Gasteiger partial charge < -0.3 is 5.32 Å². The first-order valence-electron chi connectivity index (χ1n) is 6.19. The third-order valence-corrected chi connectivity index (χ3v) is 3.67. The molecule has 0 radical (unpaired) electrons. The molecule has 1 N–H and O–H groups in total. The predicted octanol–water partition coefficient (Wildman–Crippen LogP) is 2.67. The molecule has 3 rings (SSSR count). The molecule has 0 saturated carbocycles. The molecule has 2 aromatic rings. The molecule has 3 heterocycles. The monoisotopic (exact) mass is 249 g/mol. The average molecular weight is 250 g/mol. The minimum absolute atomic E-state index is 0.576. The van der Waals surface area contributed by atoms with Crippen LogP contribution >= 0.6 is 11.6 Å². The van der Waals surface area contributed by atoms with Gasteiger partial charge in [-0.3, -0.25) is 4.40 Å². The van der Waals surface area contributed by atoms with Gasteiger partial charge in [0, 0.05) is 18.7 Å². The lowest BCUT2D eigenvalue weighted by atomic mass is 10.0. The Bertz CT molecular complexity index is 514. The lowest BCUT2D eigenvalue weighted by Crippen LogP contribution is -2.35. The van der Waals surface area contributed by atoms with Crippen molar-refractivity contribution in [2.24, 2.45) is 0 Å². The average Bonchev–Trinajstić information content (AvgIpc) is 2.74. The third kappa shape index (κ3) is 2.31. The molecule has 1 fully saturated rings. The van der Waals surface area contributed by atoms with E-state index in [4.69, 9.17) is 11.6 Å². The molecule has 0 aromatic carbocycles. The number of halogens is 1. The smallest absolute Gasteiger partial charge is 0.138 e. The summed E-state index contributed by atoms with van der Waals surface area (Å²) in [6, 6.07) is 6.39. The second-order valence-electron chi connectivity index (χ2n) is 4.66. The van der Waals surface area contributed by atoms with E-state index in [1.165, 1.54) is 19.3 Å². The zero-order valence-electron chi connectivity index (χ0n) is 9.69. The lowest BCUT2D eigenvalue weighted by molar-refractivity contribution is 0.397. The van der Waals surface area contributed by atoms with E-state index in [-0.39, 0.29) is 0 Å². The fraction of sp³-hybridized carbons (Fsp3) is 0.462. The fourth-order valence-electron chi connectivity index (χ4n) is 2.48. The molecule has 3 nitrogen and oxygen atoms in total. The Hall–Kier alpha value is -1.06. The van der Waals surface area contributed by atoms with Crippen LogP contribution in [0.3, 0.4) is 0 Å². The second-order valence-corrected chi connectivity index (χ2v) is 5.05. The van der Waals surface area contributed by atoms with Crippen LogP contribution in [-0.2, 0) is 6.42 Å². The topological polar surface area (TPSA) is 29.3 Å². The molecule has 17 heavy (non-hydrogen) atoms. The van der Waals surface area contributed by atoms with E-state index in [2.05, 4.69) is 10.3 Å². The van der Waals surface area contributed by atoms with Crippen molar-refractivity contribution in [1.82, 2.24) is 14.7 Å². The maximum absolute atomic E-state index is 6.12. The Morgan fingerprint density at radius 3 is 3.12 bits per heavy atom. The minimum Gasteiger partial charge on any atom is -0.314 e. The first kappa shape index (κ1) is 11.1. The fourth-order valence-corrected chi connectivity index (χ4v) is 2.68. The van der Waals surface area contributed by atoms with Crippen LogP contribution in [-0.4, -0.2) is 22.0 Å². The predicted molar refractivity (Wildman–Crippen MR) is 69.5 cm³/mol. The highest BCUT2D eigenvalue weighted by Gasteiger charge is 2.14. The van der Waals surface area contributed by atoms with E-state index in [9.17, 15) is 0 Å². The summed E-state index contributed by atoms with van der Waals surface area (Å²) < 4.78 is 1.94. The molecule has 1 saturated heterocycles. The molecule has 0 bridgehead atoms. The van der Waals surface area contributed by atoms with E-state index in [1.54, 1.807) is 0 Å². The Balaban J connectivity index is 1.83. The number of pyridine rings is 1. The zero-order chi connectivity index (χ0) is 11.7. The van der Waals surface area contributed by atoms with E-state index < -0.39 is 0 Å². The van der Waals surface area contributed by atoms with Crippen molar-refractivity contribution < 1.29 is 0 Å². The molecular weight excluding hydrogens is 234 g/mol. The molecule has 2 aromatic heterocycles. The van der Waals surface area contributed by atoms with Crippen molar-refractivity contribution in [3.8, 4) is 0 Å². The summed E-state index contributed by atoms with van der Waals surface area (Å²) in [6.07, 6.45) is 6.92. The first-order chi connectivity index (χ1) is 8.33. The minimum atomic E-state index is 0.576. The van der Waals surface area contributed by atoms with Gasteiger partial charge in [-0.05, 0) is 31.5 Å². The van der Waals surface area contributed by atoms with E-state index in [1.807, 2.05) is 28.8 Å². The van der Waals surface area contributed by atoms with Gasteiger partial charge in [0.1, 0.15) is 10.8 Å². The Labute approximate surface area is 106 Å². The number of nitrogens with one attached hydrogen (secondary N) is 1. The van der Waals surface area contributed by atoms with Crippen LogP contribution in [0.1, 0.15) is 25.0 Å². The molecule has 0 amide bonds. The molecule has 1 unspecified atom stereocenters. The second kappa shape index (κ2) is 4.67. The Kier molecular flexibility index (Phi) is 3.04. The highest BCUT2D eigenvalue weighted by atomic mass is 35.5. The number of imidazole rings is 1. The van der Waals surface area contributed by atoms with Crippen LogP contribution in [0.4, 0.5) is 0 Å². The van der Waals surface area contributed by atoms with Crippen LogP contribution in [0, 0.1) is 0 Å². The number of aromatic nitrogens is 2. The van der Waals surface area contributed by atoms with Crippen molar-refractivity contribution in [3.05, 3.63) is 35.2 Å². The van der Waals surface area contributed by atoms with Crippen molar-refractivity contribution in [2.75, 3.05) is 6.54 Å². The van der Waals surface area contributed by atoms with Crippen LogP contribution in [0.15, 0.2) is 24.4 Å². The first-order valence-corrected chi connectivity index (χ1v) is 6.56. The standard InChI is InChI=1S/C13H16ClN3/c14-12-5-3-6-13-16-11(9-17(12)13)8-10-4-1-2-7-15-10/h3,5-6,9-10,15H,1-2,4,7-8H2. The quantitative estimate of drug-likeness (QED) is 0.830.